The number of hydrogen-bond donors (Lipinski definition) is 2. The molecule has 28 heavy (non-hydrogen) atoms. The van der Waals surface area contributed by atoms with Crippen molar-refractivity contribution in [1.29, 1.82) is 0 Å². The second-order valence-corrected chi connectivity index (χ2v) is 5.87. The van der Waals surface area contributed by atoms with Crippen LogP contribution in [0.3, 0.4) is 0 Å². The van der Waals surface area contributed by atoms with Gasteiger partial charge in [0.2, 0.25) is 5.88 Å². The molecule has 152 valence electrons. The molecule has 9 heteroatoms. The Morgan fingerprint density at radius 3 is 2.57 bits per heavy atom. The van der Waals surface area contributed by atoms with Gasteiger partial charge in [-0.2, -0.15) is 13.2 Å². The average Bonchev–Trinajstić information content (AvgIpc) is 2.66. The summed E-state index contributed by atoms with van der Waals surface area (Å²) in [5, 5.41) is 6.19. The largest absolute Gasteiger partial charge is 0.468 e. The van der Waals surface area contributed by atoms with Crippen molar-refractivity contribution < 1.29 is 22.3 Å². The fourth-order valence-corrected chi connectivity index (χ4v) is 2.27. The number of hydrogen-bond acceptors (Lipinski definition) is 3. The lowest BCUT2D eigenvalue weighted by Gasteiger charge is -2.12. The molecule has 2 N–H and O–H groups in total. The van der Waals surface area contributed by atoms with Crippen LogP contribution in [0.5, 0.6) is 5.88 Å². The van der Waals surface area contributed by atoms with Gasteiger partial charge in [-0.05, 0) is 30.5 Å². The second kappa shape index (κ2) is 10.5. The van der Waals surface area contributed by atoms with E-state index in [0.717, 1.165) is 0 Å². The number of nitrogens with one attached hydrogen (secondary N) is 2. The number of benzene rings is 1. The molecule has 0 amide bonds. The molecule has 0 saturated heterocycles. The topological polar surface area (TPSA) is 58.5 Å². The highest BCUT2D eigenvalue weighted by atomic mass is 19.4. The van der Waals surface area contributed by atoms with Crippen LogP contribution in [0.2, 0.25) is 0 Å². The Kier molecular flexibility index (Phi) is 8.03. The Labute approximate surface area is 160 Å². The molecule has 0 aliphatic rings. The fraction of sp³-hybridized carbons (Fsp3) is 0.368. The van der Waals surface area contributed by atoms with Crippen LogP contribution in [-0.2, 0) is 13.0 Å². The van der Waals surface area contributed by atoms with Gasteiger partial charge >= 0.3 is 6.18 Å². The van der Waals surface area contributed by atoms with Gasteiger partial charge < -0.3 is 15.4 Å². The quantitative estimate of drug-likeness (QED) is 0.406. The van der Waals surface area contributed by atoms with Crippen LogP contribution in [-0.4, -0.2) is 36.8 Å². The number of aliphatic imine (C=N–C) groups is 1. The minimum atomic E-state index is -4.40. The second-order valence-electron chi connectivity index (χ2n) is 5.87. The van der Waals surface area contributed by atoms with E-state index in [1.54, 1.807) is 24.3 Å². The zero-order valence-electron chi connectivity index (χ0n) is 15.4. The third kappa shape index (κ3) is 7.81. The van der Waals surface area contributed by atoms with Crippen LogP contribution in [0.4, 0.5) is 17.6 Å². The average molecular weight is 398 g/mol. The molecule has 0 aliphatic heterocycles. The number of pyridine rings is 1. The van der Waals surface area contributed by atoms with E-state index in [1.807, 2.05) is 6.92 Å². The highest BCUT2D eigenvalue weighted by Crippen LogP contribution is 2.17. The molecular formula is C19H22F4N4O. The van der Waals surface area contributed by atoms with E-state index in [4.69, 9.17) is 0 Å². The van der Waals surface area contributed by atoms with E-state index >= 15 is 0 Å². The van der Waals surface area contributed by atoms with E-state index in [9.17, 15) is 17.6 Å². The first-order valence-electron chi connectivity index (χ1n) is 8.77. The van der Waals surface area contributed by atoms with Gasteiger partial charge in [0, 0.05) is 25.4 Å². The summed E-state index contributed by atoms with van der Waals surface area (Å²) in [6.07, 6.45) is -2.48. The van der Waals surface area contributed by atoms with E-state index in [-0.39, 0.29) is 18.2 Å². The van der Waals surface area contributed by atoms with Crippen molar-refractivity contribution >= 4 is 5.96 Å². The van der Waals surface area contributed by atoms with Crippen molar-refractivity contribution in [2.75, 3.05) is 19.7 Å². The highest BCUT2D eigenvalue weighted by molar-refractivity contribution is 5.79. The number of nitrogens with zero attached hydrogens (tertiary/aromatic N) is 2. The molecule has 0 atom stereocenters. The molecule has 0 spiro atoms. The Balaban J connectivity index is 1.86. The van der Waals surface area contributed by atoms with E-state index in [2.05, 4.69) is 25.3 Å². The van der Waals surface area contributed by atoms with Gasteiger partial charge in [-0.15, -0.1) is 0 Å². The summed E-state index contributed by atoms with van der Waals surface area (Å²) in [4.78, 5) is 8.24. The first kappa shape index (κ1) is 21.5. The lowest BCUT2D eigenvalue weighted by molar-refractivity contribution is -0.154. The lowest BCUT2D eigenvalue weighted by atomic mass is 10.1. The number of halogens is 4. The zero-order valence-corrected chi connectivity index (χ0v) is 15.4. The molecule has 1 aromatic heterocycles. The Bertz CT molecular complexity index is 763. The van der Waals surface area contributed by atoms with Crippen molar-refractivity contribution in [2.24, 2.45) is 4.99 Å². The Hall–Kier alpha value is -2.84. The summed E-state index contributed by atoms with van der Waals surface area (Å²) in [5.41, 5.74) is 1.33. The SMILES string of the molecule is CCNC(=NCc1ccc(OCC(F)(F)F)nc1)NCCc1ccccc1F. The molecule has 1 heterocycles. The zero-order chi connectivity index (χ0) is 20.4. The lowest BCUT2D eigenvalue weighted by Crippen LogP contribution is -2.38. The minimum absolute atomic E-state index is 0.0972. The summed E-state index contributed by atoms with van der Waals surface area (Å²) in [6.45, 7) is 1.96. The maximum Gasteiger partial charge on any atom is 0.422 e. The van der Waals surface area contributed by atoms with Gasteiger partial charge in [0.05, 0.1) is 6.54 Å². The standard InChI is InChI=1S/C19H22F4N4O/c1-2-24-18(25-10-9-15-5-3-4-6-16(15)20)27-12-14-7-8-17(26-11-14)28-13-19(21,22)23/h3-8,11H,2,9-10,12-13H2,1H3,(H2,24,25,27). The molecule has 0 fully saturated rings. The summed E-state index contributed by atoms with van der Waals surface area (Å²) >= 11 is 0. The number of ether oxygens (including phenoxy) is 1. The van der Waals surface area contributed by atoms with Crippen molar-refractivity contribution in [3.8, 4) is 5.88 Å². The molecule has 2 rings (SSSR count). The summed E-state index contributed by atoms with van der Waals surface area (Å²) < 4.78 is 54.6. The number of guanidine groups is 1. The Morgan fingerprint density at radius 2 is 1.93 bits per heavy atom. The number of alkyl halides is 3. The van der Waals surface area contributed by atoms with Crippen LogP contribution in [0.25, 0.3) is 0 Å². The maximum atomic E-state index is 13.6. The Morgan fingerprint density at radius 1 is 1.14 bits per heavy atom. The normalized spacial score (nSPS) is 12.0. The number of aromatic nitrogens is 1. The monoisotopic (exact) mass is 398 g/mol. The van der Waals surface area contributed by atoms with Gasteiger partial charge in [-0.25, -0.2) is 14.4 Å². The maximum absolute atomic E-state index is 13.6. The van der Waals surface area contributed by atoms with E-state index in [1.165, 1.54) is 18.3 Å². The van der Waals surface area contributed by atoms with Gasteiger partial charge in [-0.1, -0.05) is 24.3 Å². The van der Waals surface area contributed by atoms with Gasteiger partial charge in [0.1, 0.15) is 5.82 Å². The van der Waals surface area contributed by atoms with Crippen molar-refractivity contribution in [2.45, 2.75) is 26.1 Å². The van der Waals surface area contributed by atoms with Crippen molar-refractivity contribution in [3.05, 3.63) is 59.5 Å². The summed E-state index contributed by atoms with van der Waals surface area (Å²) in [5.74, 6) is 0.210. The minimum Gasteiger partial charge on any atom is -0.468 e. The van der Waals surface area contributed by atoms with Crippen molar-refractivity contribution in [3.63, 3.8) is 0 Å². The van der Waals surface area contributed by atoms with E-state index in [0.29, 0.717) is 36.6 Å². The van der Waals surface area contributed by atoms with E-state index < -0.39 is 12.8 Å². The number of rotatable bonds is 8. The third-order valence-electron chi connectivity index (χ3n) is 3.59. The molecule has 0 radical (unpaired) electrons. The third-order valence-corrected chi connectivity index (χ3v) is 3.59. The van der Waals surface area contributed by atoms with Crippen LogP contribution in [0.15, 0.2) is 47.6 Å². The molecule has 0 saturated carbocycles. The van der Waals surface area contributed by atoms with Crippen LogP contribution >= 0.6 is 0 Å². The van der Waals surface area contributed by atoms with Crippen LogP contribution in [0.1, 0.15) is 18.1 Å². The predicted octanol–water partition coefficient (Wildman–Crippen LogP) is 3.46. The molecule has 1 aromatic carbocycles. The molecular weight excluding hydrogens is 376 g/mol. The fourth-order valence-electron chi connectivity index (χ4n) is 2.27. The van der Waals surface area contributed by atoms with Crippen molar-refractivity contribution in [1.82, 2.24) is 15.6 Å². The first-order valence-corrected chi connectivity index (χ1v) is 8.77. The predicted molar refractivity (Wildman–Crippen MR) is 98.7 cm³/mol. The summed E-state index contributed by atoms with van der Waals surface area (Å²) in [7, 11) is 0. The van der Waals surface area contributed by atoms with Gasteiger partial charge in [0.25, 0.3) is 0 Å². The van der Waals surface area contributed by atoms with Crippen LogP contribution < -0.4 is 15.4 Å². The molecule has 2 aromatic rings. The highest BCUT2D eigenvalue weighted by Gasteiger charge is 2.28. The van der Waals surface area contributed by atoms with Gasteiger partial charge in [0.15, 0.2) is 12.6 Å². The smallest absolute Gasteiger partial charge is 0.422 e. The van der Waals surface area contributed by atoms with Gasteiger partial charge in [-0.3, -0.25) is 0 Å². The summed E-state index contributed by atoms with van der Waals surface area (Å²) in [6, 6.07) is 9.55. The molecule has 0 unspecified atom stereocenters. The first-order chi connectivity index (χ1) is 13.4. The molecule has 5 nitrogen and oxygen atoms in total. The van der Waals surface area contributed by atoms with Crippen LogP contribution in [0, 0.1) is 5.82 Å². The molecule has 0 aliphatic carbocycles. The molecule has 0 bridgehead atoms.